The van der Waals surface area contributed by atoms with E-state index >= 15 is 0 Å². The van der Waals surface area contributed by atoms with Crippen molar-refractivity contribution < 1.29 is 14.5 Å². The van der Waals surface area contributed by atoms with Crippen molar-refractivity contribution in [2.45, 2.75) is 6.92 Å². The van der Waals surface area contributed by atoms with Gasteiger partial charge in [-0.05, 0) is 43.4 Å². The van der Waals surface area contributed by atoms with Crippen LogP contribution in [0.2, 0.25) is 0 Å². The van der Waals surface area contributed by atoms with Crippen LogP contribution in [0.25, 0.3) is 11.3 Å². The van der Waals surface area contributed by atoms with Crippen molar-refractivity contribution in [2.75, 3.05) is 11.9 Å². The maximum Gasteiger partial charge on any atom is 0.270 e. The summed E-state index contributed by atoms with van der Waals surface area (Å²) in [5.74, 6) is 0.322. The average Bonchev–Trinajstić information content (AvgIpc) is 3.17. The molecule has 0 radical (unpaired) electrons. The standard InChI is InChI=1S/C19H16N4O4S2/c1-2-27-15-8-6-12(7-9-15)17(24)21-18(28)22-19-20-16(11-29-19)13-4-3-5-14(10-13)23(25)26/h3-11H,2H2,1H3,(H2,20,21,22,24,28). The number of ether oxygens (including phenoxy) is 1. The van der Waals surface area contributed by atoms with Crippen molar-refractivity contribution in [2.24, 2.45) is 0 Å². The second-order valence-corrected chi connectivity index (χ2v) is 6.98. The molecule has 29 heavy (non-hydrogen) atoms. The molecule has 0 bridgehead atoms. The van der Waals surface area contributed by atoms with E-state index in [1.54, 1.807) is 41.8 Å². The van der Waals surface area contributed by atoms with Gasteiger partial charge >= 0.3 is 0 Å². The summed E-state index contributed by atoms with van der Waals surface area (Å²) in [6.07, 6.45) is 0. The van der Waals surface area contributed by atoms with E-state index in [2.05, 4.69) is 15.6 Å². The number of amides is 1. The SMILES string of the molecule is CCOc1ccc(C(=O)NC(=S)Nc2nc(-c3cccc([N+](=O)[O-])c3)cs2)cc1. The predicted molar refractivity (Wildman–Crippen MR) is 116 cm³/mol. The van der Waals surface area contributed by atoms with Crippen molar-refractivity contribution in [1.29, 1.82) is 0 Å². The van der Waals surface area contributed by atoms with Gasteiger partial charge in [0, 0.05) is 28.6 Å². The molecule has 1 heterocycles. The third-order valence-electron chi connectivity index (χ3n) is 3.73. The van der Waals surface area contributed by atoms with Crippen molar-refractivity contribution >= 4 is 45.4 Å². The molecule has 8 nitrogen and oxygen atoms in total. The van der Waals surface area contributed by atoms with Crippen molar-refractivity contribution in [3.05, 3.63) is 69.6 Å². The summed E-state index contributed by atoms with van der Waals surface area (Å²) in [5.41, 5.74) is 1.62. The van der Waals surface area contributed by atoms with E-state index in [1.165, 1.54) is 23.5 Å². The summed E-state index contributed by atoms with van der Waals surface area (Å²) in [6.45, 7) is 2.43. The molecule has 3 aromatic rings. The summed E-state index contributed by atoms with van der Waals surface area (Å²) in [4.78, 5) is 27.1. The smallest absolute Gasteiger partial charge is 0.270 e. The topological polar surface area (TPSA) is 106 Å². The Bertz CT molecular complexity index is 1050. The molecule has 3 rings (SSSR count). The number of hydrogen-bond acceptors (Lipinski definition) is 7. The second-order valence-electron chi connectivity index (χ2n) is 5.71. The molecule has 0 unspecified atom stereocenters. The molecule has 1 aromatic heterocycles. The van der Waals surface area contributed by atoms with Gasteiger partial charge in [0.05, 0.1) is 17.2 Å². The van der Waals surface area contributed by atoms with E-state index in [0.29, 0.717) is 34.3 Å². The molecule has 148 valence electrons. The maximum atomic E-state index is 12.3. The monoisotopic (exact) mass is 428 g/mol. The summed E-state index contributed by atoms with van der Waals surface area (Å²) < 4.78 is 5.35. The first-order valence-electron chi connectivity index (χ1n) is 8.52. The molecule has 0 spiro atoms. The number of hydrogen-bond donors (Lipinski definition) is 2. The molecule has 1 amide bonds. The molecule has 0 fully saturated rings. The summed E-state index contributed by atoms with van der Waals surface area (Å²) >= 11 is 6.44. The van der Waals surface area contributed by atoms with Crippen molar-refractivity contribution in [1.82, 2.24) is 10.3 Å². The third kappa shape index (κ3) is 5.33. The number of benzene rings is 2. The highest BCUT2D eigenvalue weighted by Crippen LogP contribution is 2.27. The van der Waals surface area contributed by atoms with Crippen molar-refractivity contribution in [3.8, 4) is 17.0 Å². The van der Waals surface area contributed by atoms with Crippen LogP contribution in [0.15, 0.2) is 53.9 Å². The van der Waals surface area contributed by atoms with E-state index in [9.17, 15) is 14.9 Å². The molecule has 0 atom stereocenters. The molecule has 0 aliphatic heterocycles. The molecule has 0 aliphatic carbocycles. The first-order chi connectivity index (χ1) is 14.0. The van der Waals surface area contributed by atoms with Gasteiger partial charge < -0.3 is 10.1 Å². The van der Waals surface area contributed by atoms with E-state index < -0.39 is 4.92 Å². The number of nitrogens with one attached hydrogen (secondary N) is 2. The lowest BCUT2D eigenvalue weighted by atomic mass is 10.1. The minimum absolute atomic E-state index is 0.0110. The van der Waals surface area contributed by atoms with Crippen molar-refractivity contribution in [3.63, 3.8) is 0 Å². The van der Waals surface area contributed by atoms with Crippen LogP contribution in [0.1, 0.15) is 17.3 Å². The van der Waals surface area contributed by atoms with E-state index in [4.69, 9.17) is 17.0 Å². The van der Waals surface area contributed by atoms with Crippen LogP contribution in [-0.4, -0.2) is 27.5 Å². The van der Waals surface area contributed by atoms with E-state index in [-0.39, 0.29) is 16.7 Å². The zero-order valence-electron chi connectivity index (χ0n) is 15.2. The minimum atomic E-state index is -0.458. The number of nitro benzene ring substituents is 1. The van der Waals surface area contributed by atoms with Gasteiger partial charge in [0.2, 0.25) is 0 Å². The van der Waals surface area contributed by atoms with Gasteiger partial charge in [-0.1, -0.05) is 12.1 Å². The number of non-ortho nitro benzene ring substituents is 1. The Morgan fingerprint density at radius 3 is 2.72 bits per heavy atom. The Kier molecular flexibility index (Phi) is 6.47. The third-order valence-corrected chi connectivity index (χ3v) is 4.69. The fourth-order valence-electron chi connectivity index (χ4n) is 2.42. The van der Waals surface area contributed by atoms with Gasteiger partial charge in [0.15, 0.2) is 10.2 Å². The van der Waals surface area contributed by atoms with Gasteiger partial charge in [-0.3, -0.25) is 20.2 Å². The number of thiocarbonyl (C=S) groups is 1. The Morgan fingerprint density at radius 1 is 1.28 bits per heavy atom. The van der Waals surface area contributed by atoms with Crippen LogP contribution < -0.4 is 15.4 Å². The number of rotatable bonds is 6. The van der Waals surface area contributed by atoms with Gasteiger partial charge in [-0.15, -0.1) is 11.3 Å². The zero-order chi connectivity index (χ0) is 20.8. The van der Waals surface area contributed by atoms with Gasteiger partial charge in [-0.2, -0.15) is 0 Å². The van der Waals surface area contributed by atoms with Crippen LogP contribution in [0.3, 0.4) is 0 Å². The number of carbonyl (C=O) groups is 1. The number of nitrogens with zero attached hydrogens (tertiary/aromatic N) is 2. The van der Waals surface area contributed by atoms with Crippen LogP contribution >= 0.6 is 23.6 Å². The number of nitro groups is 1. The van der Waals surface area contributed by atoms with Gasteiger partial charge in [0.1, 0.15) is 5.75 Å². The van der Waals surface area contributed by atoms with Gasteiger partial charge in [0.25, 0.3) is 11.6 Å². The summed E-state index contributed by atoms with van der Waals surface area (Å²) in [5, 5.41) is 18.7. The number of anilines is 1. The van der Waals surface area contributed by atoms with Crippen LogP contribution in [0, 0.1) is 10.1 Å². The highest BCUT2D eigenvalue weighted by atomic mass is 32.1. The summed E-state index contributed by atoms with van der Waals surface area (Å²) in [6, 6.07) is 12.9. The second kappa shape index (κ2) is 9.22. The zero-order valence-corrected chi connectivity index (χ0v) is 16.9. The van der Waals surface area contributed by atoms with Gasteiger partial charge in [-0.25, -0.2) is 4.98 Å². The predicted octanol–water partition coefficient (Wildman–Crippen LogP) is 4.24. The van der Waals surface area contributed by atoms with Crippen LogP contribution in [0.5, 0.6) is 5.75 Å². The molecule has 0 saturated carbocycles. The molecule has 2 N–H and O–H groups in total. The number of aromatic nitrogens is 1. The quantitative estimate of drug-likeness (QED) is 0.343. The van der Waals surface area contributed by atoms with Crippen LogP contribution in [-0.2, 0) is 0 Å². The number of thiazole rings is 1. The molecular weight excluding hydrogens is 412 g/mol. The lowest BCUT2D eigenvalue weighted by Crippen LogP contribution is -2.34. The van der Waals surface area contributed by atoms with Crippen LogP contribution in [0.4, 0.5) is 10.8 Å². The number of carbonyl (C=O) groups excluding carboxylic acids is 1. The molecule has 0 aliphatic rings. The maximum absolute atomic E-state index is 12.3. The molecule has 10 heteroatoms. The van der Waals surface area contributed by atoms with E-state index in [1.807, 2.05) is 6.92 Å². The highest BCUT2D eigenvalue weighted by Gasteiger charge is 2.12. The Morgan fingerprint density at radius 2 is 2.03 bits per heavy atom. The van der Waals surface area contributed by atoms with E-state index in [0.717, 1.165) is 0 Å². The lowest BCUT2D eigenvalue weighted by molar-refractivity contribution is -0.384. The molecular formula is C19H16N4O4S2. The fourth-order valence-corrected chi connectivity index (χ4v) is 3.39. The first kappa shape index (κ1) is 20.4. The largest absolute Gasteiger partial charge is 0.494 e. The Balaban J connectivity index is 1.62. The highest BCUT2D eigenvalue weighted by molar-refractivity contribution is 7.80. The Labute approximate surface area is 175 Å². The lowest BCUT2D eigenvalue weighted by Gasteiger charge is -2.08. The average molecular weight is 428 g/mol. The minimum Gasteiger partial charge on any atom is -0.494 e. The molecule has 2 aromatic carbocycles. The Hall–Kier alpha value is -3.37. The normalized spacial score (nSPS) is 10.2. The molecule has 0 saturated heterocycles. The summed E-state index contributed by atoms with van der Waals surface area (Å²) in [7, 11) is 0. The fraction of sp³-hybridized carbons (Fsp3) is 0.105. The first-order valence-corrected chi connectivity index (χ1v) is 9.80.